The molecular formula is C25H30N8O. The van der Waals surface area contributed by atoms with E-state index in [0.29, 0.717) is 17.6 Å². The number of ether oxygens (including phenoxy) is 1. The molecule has 0 aromatic carbocycles. The lowest BCUT2D eigenvalue weighted by Crippen LogP contribution is -2.34. The van der Waals surface area contributed by atoms with Crippen molar-refractivity contribution >= 4 is 22.7 Å². The van der Waals surface area contributed by atoms with Crippen LogP contribution in [0.15, 0.2) is 49.1 Å². The van der Waals surface area contributed by atoms with Crippen molar-refractivity contribution in [1.29, 1.82) is 0 Å². The highest BCUT2D eigenvalue weighted by molar-refractivity contribution is 5.81. The molecule has 1 aliphatic rings. The minimum absolute atomic E-state index is 0.382. The van der Waals surface area contributed by atoms with Gasteiger partial charge in [-0.3, -0.25) is 14.6 Å². The van der Waals surface area contributed by atoms with Gasteiger partial charge in [-0.2, -0.15) is 10.2 Å². The molecule has 4 aromatic rings. The number of anilines is 2. The predicted molar refractivity (Wildman–Crippen MR) is 132 cm³/mol. The van der Waals surface area contributed by atoms with Gasteiger partial charge >= 0.3 is 0 Å². The van der Waals surface area contributed by atoms with Crippen LogP contribution in [0.1, 0.15) is 38.2 Å². The largest absolute Gasteiger partial charge is 0.366 e. The Morgan fingerprint density at radius 1 is 1.03 bits per heavy atom. The number of nitrogens with zero attached hydrogens (tertiary/aromatic N) is 7. The number of rotatable bonds is 8. The molecular weight excluding hydrogens is 428 g/mol. The molecule has 176 valence electrons. The molecule has 0 atom stereocenters. The van der Waals surface area contributed by atoms with Crippen molar-refractivity contribution in [2.75, 3.05) is 31.7 Å². The van der Waals surface area contributed by atoms with Crippen LogP contribution >= 0.6 is 0 Å². The zero-order valence-corrected chi connectivity index (χ0v) is 19.7. The van der Waals surface area contributed by atoms with Gasteiger partial charge in [0.05, 0.1) is 30.2 Å². The minimum Gasteiger partial charge on any atom is -0.366 e. The summed E-state index contributed by atoms with van der Waals surface area (Å²) in [7, 11) is 0. The highest BCUT2D eigenvalue weighted by atomic mass is 16.5. The molecule has 9 nitrogen and oxygen atoms in total. The van der Waals surface area contributed by atoms with Crippen molar-refractivity contribution in [2.45, 2.75) is 39.2 Å². The molecule has 0 aliphatic carbocycles. The third-order valence-electron chi connectivity index (χ3n) is 6.00. The normalized spacial score (nSPS) is 14.7. The maximum absolute atomic E-state index is 5.52. The Kier molecular flexibility index (Phi) is 6.73. The second kappa shape index (κ2) is 10.2. The van der Waals surface area contributed by atoms with Gasteiger partial charge in [-0.15, -0.1) is 5.10 Å². The lowest BCUT2D eigenvalue weighted by Gasteiger charge is -2.26. The van der Waals surface area contributed by atoms with E-state index in [4.69, 9.17) is 9.72 Å². The first-order valence-electron chi connectivity index (χ1n) is 11.8. The summed E-state index contributed by atoms with van der Waals surface area (Å²) in [5, 5.41) is 16.1. The molecule has 0 spiro atoms. The number of hydrogen-bond acceptors (Lipinski definition) is 8. The topological polar surface area (TPSA) is 93.9 Å². The number of nitrogens with one attached hydrogen (secondary N) is 1. The molecule has 0 radical (unpaired) electrons. The maximum Gasteiger partial charge on any atom is 0.154 e. The van der Waals surface area contributed by atoms with Gasteiger partial charge in [0.25, 0.3) is 0 Å². The van der Waals surface area contributed by atoms with Crippen molar-refractivity contribution in [3.8, 4) is 11.1 Å². The van der Waals surface area contributed by atoms with Crippen LogP contribution in [0.4, 0.5) is 11.6 Å². The van der Waals surface area contributed by atoms with E-state index < -0.39 is 0 Å². The van der Waals surface area contributed by atoms with Crippen LogP contribution in [0.25, 0.3) is 22.2 Å². The molecule has 1 saturated heterocycles. The predicted octanol–water partition coefficient (Wildman–Crippen LogP) is 4.22. The van der Waals surface area contributed by atoms with E-state index in [0.717, 1.165) is 73.5 Å². The molecule has 0 bridgehead atoms. The Bertz CT molecular complexity index is 1250. The average Bonchev–Trinajstić information content (AvgIpc) is 3.33. The molecule has 0 unspecified atom stereocenters. The lowest BCUT2D eigenvalue weighted by molar-refractivity contribution is -0.0141. The third-order valence-corrected chi connectivity index (χ3v) is 6.00. The second-order valence-corrected chi connectivity index (χ2v) is 8.97. The van der Waals surface area contributed by atoms with E-state index in [-0.39, 0.29) is 0 Å². The van der Waals surface area contributed by atoms with Crippen LogP contribution in [0, 0.1) is 0 Å². The molecule has 0 saturated carbocycles. The number of aromatic nitrogens is 6. The van der Waals surface area contributed by atoms with E-state index in [2.05, 4.69) is 56.6 Å². The van der Waals surface area contributed by atoms with Crippen molar-refractivity contribution in [3.63, 3.8) is 0 Å². The summed E-state index contributed by atoms with van der Waals surface area (Å²) in [5.41, 5.74) is 4.81. The lowest BCUT2D eigenvalue weighted by atomic mass is 10.1. The van der Waals surface area contributed by atoms with E-state index in [1.165, 1.54) is 0 Å². The Balaban J connectivity index is 1.27. The maximum atomic E-state index is 5.52. The third kappa shape index (κ3) is 5.37. The van der Waals surface area contributed by atoms with Crippen LogP contribution in [0.2, 0.25) is 0 Å². The van der Waals surface area contributed by atoms with E-state index in [1.54, 1.807) is 6.20 Å². The van der Waals surface area contributed by atoms with Gasteiger partial charge in [-0.25, -0.2) is 4.98 Å². The van der Waals surface area contributed by atoms with Crippen LogP contribution in [-0.4, -0.2) is 61.3 Å². The van der Waals surface area contributed by atoms with E-state index in [1.807, 2.05) is 35.3 Å². The molecule has 0 amide bonds. The van der Waals surface area contributed by atoms with Crippen molar-refractivity contribution < 1.29 is 4.74 Å². The molecule has 4 aromatic heterocycles. The summed E-state index contributed by atoms with van der Waals surface area (Å²) in [5.74, 6) is 1.77. The number of fused-ring (bicyclic) bond motifs is 1. The van der Waals surface area contributed by atoms with Crippen LogP contribution < -0.4 is 5.32 Å². The fraction of sp³-hybridized carbons (Fsp3) is 0.400. The highest BCUT2D eigenvalue weighted by Crippen LogP contribution is 2.24. The van der Waals surface area contributed by atoms with E-state index >= 15 is 0 Å². The zero-order valence-electron chi connectivity index (χ0n) is 19.7. The first-order valence-corrected chi connectivity index (χ1v) is 11.8. The summed E-state index contributed by atoms with van der Waals surface area (Å²) >= 11 is 0. The van der Waals surface area contributed by atoms with Crippen LogP contribution in [0.3, 0.4) is 0 Å². The summed E-state index contributed by atoms with van der Waals surface area (Å²) in [4.78, 5) is 11.7. The van der Waals surface area contributed by atoms with Gasteiger partial charge in [-0.05, 0) is 48.6 Å². The van der Waals surface area contributed by atoms with Gasteiger partial charge in [-0.1, -0.05) is 13.8 Å². The molecule has 1 fully saturated rings. The van der Waals surface area contributed by atoms with Gasteiger partial charge < -0.3 is 10.1 Å². The standard InChI is InChI=1S/C25H30N8O/c1-18(2)19-12-25(31-27-14-19)30-24-6-5-22-23(29-24)11-20(13-26-22)21-15-28-33(16-21)9-3-7-32-8-4-10-34-17-32/h5-6,11-16,18H,3-4,7-10,17H2,1-2H3,(H,29,30,31). The van der Waals surface area contributed by atoms with Crippen LogP contribution in [0.5, 0.6) is 0 Å². The summed E-state index contributed by atoms with van der Waals surface area (Å²) in [6.45, 7) is 8.91. The van der Waals surface area contributed by atoms with Crippen molar-refractivity contribution in [2.24, 2.45) is 0 Å². The highest BCUT2D eigenvalue weighted by Gasteiger charge is 2.11. The summed E-state index contributed by atoms with van der Waals surface area (Å²) < 4.78 is 7.51. The first kappa shape index (κ1) is 22.4. The molecule has 9 heteroatoms. The Morgan fingerprint density at radius 3 is 2.82 bits per heavy atom. The minimum atomic E-state index is 0.382. The number of aryl methyl sites for hydroxylation is 1. The Morgan fingerprint density at radius 2 is 1.97 bits per heavy atom. The monoisotopic (exact) mass is 458 g/mol. The SMILES string of the molecule is CC(C)c1cnnc(Nc2ccc3ncc(-c4cnn(CCCN5CCCOC5)c4)cc3n2)c1. The summed E-state index contributed by atoms with van der Waals surface area (Å²) in [6, 6.07) is 7.92. The number of hydrogen-bond donors (Lipinski definition) is 1. The quantitative estimate of drug-likeness (QED) is 0.419. The zero-order chi connectivity index (χ0) is 23.3. The van der Waals surface area contributed by atoms with Crippen molar-refractivity contribution in [3.05, 3.63) is 54.6 Å². The number of pyridine rings is 2. The molecule has 1 N–H and O–H groups in total. The van der Waals surface area contributed by atoms with Gasteiger partial charge in [0, 0.05) is 49.8 Å². The van der Waals surface area contributed by atoms with Gasteiger partial charge in [0.15, 0.2) is 5.82 Å². The van der Waals surface area contributed by atoms with E-state index in [9.17, 15) is 0 Å². The Labute approximate surface area is 199 Å². The van der Waals surface area contributed by atoms with Crippen molar-refractivity contribution in [1.82, 2.24) is 34.8 Å². The smallest absolute Gasteiger partial charge is 0.154 e. The fourth-order valence-electron chi connectivity index (χ4n) is 4.04. The van der Waals surface area contributed by atoms with Crippen LogP contribution in [-0.2, 0) is 11.3 Å². The van der Waals surface area contributed by atoms with Gasteiger partial charge in [0.2, 0.25) is 0 Å². The summed E-state index contributed by atoms with van der Waals surface area (Å²) in [6.07, 6.45) is 9.79. The Hall–Kier alpha value is -3.43. The molecule has 5 rings (SSSR count). The second-order valence-electron chi connectivity index (χ2n) is 8.97. The first-order chi connectivity index (χ1) is 16.6. The average molecular weight is 459 g/mol. The molecule has 1 aliphatic heterocycles. The molecule has 5 heterocycles. The molecule has 34 heavy (non-hydrogen) atoms. The fourth-order valence-corrected chi connectivity index (χ4v) is 4.04. The van der Waals surface area contributed by atoms with Gasteiger partial charge in [0.1, 0.15) is 5.82 Å².